The van der Waals surface area contributed by atoms with E-state index in [0.29, 0.717) is 25.2 Å². The molecule has 112 valence electrons. The Kier molecular flexibility index (Phi) is 4.75. The Balaban J connectivity index is 2.25. The summed E-state index contributed by atoms with van der Waals surface area (Å²) in [5.41, 5.74) is 0.458. The zero-order chi connectivity index (χ0) is 15.3. The maximum Gasteiger partial charge on any atom is 0.330 e. The number of carbonyl (C=O) groups is 2. The van der Waals surface area contributed by atoms with E-state index in [1.54, 1.807) is 31.2 Å². The minimum atomic E-state index is -0.992. The van der Waals surface area contributed by atoms with E-state index in [1.807, 2.05) is 6.07 Å². The van der Waals surface area contributed by atoms with Crippen LogP contribution >= 0.6 is 0 Å². The number of aliphatic carboxylic acids is 1. The molecule has 1 atom stereocenters. The van der Waals surface area contributed by atoms with Gasteiger partial charge < -0.3 is 14.6 Å². The average molecular weight is 290 g/mol. The van der Waals surface area contributed by atoms with Crippen LogP contribution in [0.4, 0.5) is 0 Å². The van der Waals surface area contributed by atoms with Gasteiger partial charge in [-0.05, 0) is 30.5 Å². The number of esters is 1. The van der Waals surface area contributed by atoms with Crippen molar-refractivity contribution < 1.29 is 24.2 Å². The van der Waals surface area contributed by atoms with Gasteiger partial charge in [0.2, 0.25) is 0 Å². The summed E-state index contributed by atoms with van der Waals surface area (Å²) in [4.78, 5) is 22.9. The molecule has 2 rings (SSSR count). The van der Waals surface area contributed by atoms with Crippen LogP contribution in [0.2, 0.25) is 0 Å². The van der Waals surface area contributed by atoms with Crippen molar-refractivity contribution in [1.82, 2.24) is 0 Å². The fourth-order valence-corrected chi connectivity index (χ4v) is 2.38. The number of ether oxygens (including phenoxy) is 2. The fourth-order valence-electron chi connectivity index (χ4n) is 2.38. The largest absolute Gasteiger partial charge is 0.481 e. The van der Waals surface area contributed by atoms with Crippen LogP contribution in [-0.2, 0) is 24.5 Å². The van der Waals surface area contributed by atoms with Gasteiger partial charge in [0.25, 0.3) is 0 Å². The number of hydrogen-bond acceptors (Lipinski definition) is 4. The molecule has 1 aromatic rings. The highest BCUT2D eigenvalue weighted by atomic mass is 16.5. The number of carbonyl (C=O) groups excluding carboxylic acids is 1. The third-order valence-electron chi connectivity index (χ3n) is 3.57. The highest BCUT2D eigenvalue weighted by Crippen LogP contribution is 2.34. The number of rotatable bonds is 5. The van der Waals surface area contributed by atoms with Crippen molar-refractivity contribution in [2.75, 3.05) is 19.8 Å². The number of carboxylic acid groups (broad SMARTS) is 1. The van der Waals surface area contributed by atoms with Gasteiger partial charge in [0.15, 0.2) is 0 Å². The second-order valence-corrected chi connectivity index (χ2v) is 4.90. The summed E-state index contributed by atoms with van der Waals surface area (Å²) >= 11 is 0. The van der Waals surface area contributed by atoms with Crippen molar-refractivity contribution in [1.29, 1.82) is 0 Å². The zero-order valence-electron chi connectivity index (χ0n) is 11.9. The predicted octanol–water partition coefficient (Wildman–Crippen LogP) is 2.01. The topological polar surface area (TPSA) is 72.8 Å². The van der Waals surface area contributed by atoms with Gasteiger partial charge in [-0.15, -0.1) is 0 Å². The van der Waals surface area contributed by atoms with Gasteiger partial charge in [-0.2, -0.15) is 0 Å². The Labute approximate surface area is 123 Å². The smallest absolute Gasteiger partial charge is 0.330 e. The van der Waals surface area contributed by atoms with Crippen LogP contribution in [0.5, 0.6) is 0 Å². The highest BCUT2D eigenvalue weighted by Gasteiger charge is 2.44. The first-order chi connectivity index (χ1) is 10.1. The third-order valence-corrected chi connectivity index (χ3v) is 3.57. The van der Waals surface area contributed by atoms with Crippen molar-refractivity contribution in [3.8, 4) is 0 Å². The van der Waals surface area contributed by atoms with Gasteiger partial charge >= 0.3 is 11.9 Å². The summed E-state index contributed by atoms with van der Waals surface area (Å²) in [6, 6.07) is 7.15. The lowest BCUT2D eigenvalue weighted by molar-refractivity contribution is -0.144. The standard InChI is InChI=1S/C16H18O5/c1-2-21-14(17)7-6-12-4-3-5-13(10-12)16(15(18)19)8-9-20-11-16/h3-7,10H,2,8-9,11H2,1H3,(H,18,19). The van der Waals surface area contributed by atoms with Gasteiger partial charge in [0.05, 0.1) is 13.2 Å². The molecule has 0 aliphatic carbocycles. The molecule has 21 heavy (non-hydrogen) atoms. The van der Waals surface area contributed by atoms with Crippen LogP contribution in [0.25, 0.3) is 6.08 Å². The van der Waals surface area contributed by atoms with E-state index >= 15 is 0 Å². The van der Waals surface area contributed by atoms with Crippen LogP contribution in [-0.4, -0.2) is 36.9 Å². The lowest BCUT2D eigenvalue weighted by atomic mass is 9.79. The first kappa shape index (κ1) is 15.3. The maximum absolute atomic E-state index is 11.6. The number of hydrogen-bond donors (Lipinski definition) is 1. The first-order valence-corrected chi connectivity index (χ1v) is 6.85. The van der Waals surface area contributed by atoms with Crippen LogP contribution in [0.3, 0.4) is 0 Å². The Morgan fingerprint density at radius 3 is 2.90 bits per heavy atom. The zero-order valence-corrected chi connectivity index (χ0v) is 11.9. The lowest BCUT2D eigenvalue weighted by Gasteiger charge is -2.22. The van der Waals surface area contributed by atoms with Gasteiger partial charge in [0, 0.05) is 12.7 Å². The molecule has 0 aromatic heterocycles. The molecule has 1 fully saturated rings. The van der Waals surface area contributed by atoms with Gasteiger partial charge in [0.1, 0.15) is 5.41 Å². The molecule has 0 radical (unpaired) electrons. The van der Waals surface area contributed by atoms with Crippen LogP contribution in [0.15, 0.2) is 30.3 Å². The van der Waals surface area contributed by atoms with E-state index < -0.39 is 17.4 Å². The SMILES string of the molecule is CCOC(=O)C=Cc1cccc(C2(C(=O)O)CCOC2)c1. The number of benzene rings is 1. The van der Waals surface area contributed by atoms with E-state index in [2.05, 4.69) is 0 Å². The van der Waals surface area contributed by atoms with E-state index in [0.717, 1.165) is 5.56 Å². The fraction of sp³-hybridized carbons (Fsp3) is 0.375. The molecule has 1 aliphatic rings. The van der Waals surface area contributed by atoms with E-state index in [9.17, 15) is 14.7 Å². The molecular weight excluding hydrogens is 272 g/mol. The summed E-state index contributed by atoms with van der Waals surface area (Å²) in [7, 11) is 0. The van der Waals surface area contributed by atoms with E-state index in [-0.39, 0.29) is 6.61 Å². The van der Waals surface area contributed by atoms with Crippen molar-refractivity contribution >= 4 is 18.0 Å². The highest BCUT2D eigenvalue weighted by molar-refractivity contribution is 5.87. The third kappa shape index (κ3) is 3.31. The minimum absolute atomic E-state index is 0.174. The first-order valence-electron chi connectivity index (χ1n) is 6.85. The van der Waals surface area contributed by atoms with Crippen molar-refractivity contribution in [2.45, 2.75) is 18.8 Å². The predicted molar refractivity (Wildman–Crippen MR) is 76.9 cm³/mol. The summed E-state index contributed by atoms with van der Waals surface area (Å²) in [6.45, 7) is 2.67. The Morgan fingerprint density at radius 1 is 1.48 bits per heavy atom. The lowest BCUT2D eigenvalue weighted by Crippen LogP contribution is -2.36. The molecule has 1 saturated heterocycles. The monoisotopic (exact) mass is 290 g/mol. The van der Waals surface area contributed by atoms with Crippen LogP contribution < -0.4 is 0 Å². The molecule has 1 unspecified atom stereocenters. The molecule has 1 aromatic carbocycles. The molecule has 5 nitrogen and oxygen atoms in total. The molecule has 1 aliphatic heterocycles. The minimum Gasteiger partial charge on any atom is -0.481 e. The van der Waals surface area contributed by atoms with Crippen LogP contribution in [0.1, 0.15) is 24.5 Å². The summed E-state index contributed by atoms with van der Waals surface area (Å²) < 4.78 is 10.1. The van der Waals surface area contributed by atoms with Crippen LogP contribution in [0, 0.1) is 0 Å². The second kappa shape index (κ2) is 6.54. The number of carboxylic acids is 1. The second-order valence-electron chi connectivity index (χ2n) is 4.90. The molecule has 1 N–H and O–H groups in total. The van der Waals surface area contributed by atoms with Crippen molar-refractivity contribution in [3.05, 3.63) is 41.5 Å². The van der Waals surface area contributed by atoms with E-state index in [1.165, 1.54) is 6.08 Å². The molecule has 0 bridgehead atoms. The Hall–Kier alpha value is -2.14. The Bertz CT molecular complexity index is 556. The quantitative estimate of drug-likeness (QED) is 0.663. The van der Waals surface area contributed by atoms with Gasteiger partial charge in [-0.1, -0.05) is 24.3 Å². The van der Waals surface area contributed by atoms with Crippen molar-refractivity contribution in [3.63, 3.8) is 0 Å². The normalized spacial score (nSPS) is 21.6. The Morgan fingerprint density at radius 2 is 2.29 bits per heavy atom. The molecule has 1 heterocycles. The summed E-state index contributed by atoms with van der Waals surface area (Å²) in [5, 5.41) is 9.52. The van der Waals surface area contributed by atoms with Crippen molar-refractivity contribution in [2.24, 2.45) is 0 Å². The molecule has 0 amide bonds. The molecular formula is C16H18O5. The van der Waals surface area contributed by atoms with Gasteiger partial charge in [-0.3, -0.25) is 4.79 Å². The average Bonchev–Trinajstić information content (AvgIpc) is 2.97. The van der Waals surface area contributed by atoms with E-state index in [4.69, 9.17) is 9.47 Å². The molecule has 0 spiro atoms. The summed E-state index contributed by atoms with van der Waals surface area (Å²) in [6.07, 6.45) is 3.40. The maximum atomic E-state index is 11.6. The summed E-state index contributed by atoms with van der Waals surface area (Å²) in [5.74, 6) is -1.30. The van der Waals surface area contributed by atoms with Gasteiger partial charge in [-0.25, -0.2) is 4.79 Å². The molecule has 5 heteroatoms. The molecule has 0 saturated carbocycles.